The molecule has 1 fully saturated rings. The normalized spacial score (nSPS) is 19.0. The Morgan fingerprint density at radius 3 is 3.00 bits per heavy atom. The predicted molar refractivity (Wildman–Crippen MR) is 94.2 cm³/mol. The molecule has 0 aliphatic carbocycles. The van der Waals surface area contributed by atoms with Crippen LogP contribution in [0.2, 0.25) is 0 Å². The Kier molecular flexibility index (Phi) is 5.23. The fraction of sp³-hybridized carbons (Fsp3) is 0.667. The molecule has 3 rings (SSSR count). The Morgan fingerprint density at radius 2 is 2.30 bits per heavy atom. The summed E-state index contributed by atoms with van der Waals surface area (Å²) in [4.78, 5) is 4.34. The van der Waals surface area contributed by atoms with Crippen LogP contribution in [0.25, 0.3) is 0 Å². The van der Waals surface area contributed by atoms with Crippen LogP contribution in [0.1, 0.15) is 45.3 Å². The fourth-order valence-corrected chi connectivity index (χ4v) is 4.01. The molecule has 0 spiro atoms. The van der Waals surface area contributed by atoms with Crippen LogP contribution in [0.4, 0.5) is 5.13 Å². The van der Waals surface area contributed by atoms with Gasteiger partial charge in [0.1, 0.15) is 5.76 Å². The summed E-state index contributed by atoms with van der Waals surface area (Å²) in [7, 11) is 0. The molecular weight excluding hydrogens is 330 g/mol. The molecule has 0 saturated carbocycles. The summed E-state index contributed by atoms with van der Waals surface area (Å²) < 4.78 is 6.74. The average Bonchev–Trinajstić information content (AvgIpc) is 3.15. The third-order valence-corrected chi connectivity index (χ3v) is 5.62. The zero-order valence-electron chi connectivity index (χ0n) is 13.8. The van der Waals surface area contributed by atoms with E-state index in [-0.39, 0.29) is 5.41 Å². The molecule has 126 valence electrons. The second kappa shape index (κ2) is 7.19. The summed E-state index contributed by atoms with van der Waals surface area (Å²) >= 11 is 3.20. The molecule has 0 aromatic carbocycles. The summed E-state index contributed by atoms with van der Waals surface area (Å²) in [5.41, 5.74) is -0.0101. The quantitative estimate of drug-likeness (QED) is 0.799. The minimum Gasteiger partial charge on any atom is -0.444 e. The Hall–Kier alpha value is -1.12. The van der Waals surface area contributed by atoms with Gasteiger partial charge >= 0.3 is 0 Å². The second-order valence-electron chi connectivity index (χ2n) is 6.72. The highest BCUT2D eigenvalue weighted by Gasteiger charge is 2.19. The topological polar surface area (TPSA) is 75.9 Å². The maximum atomic E-state index is 5.80. The van der Waals surface area contributed by atoms with Crippen molar-refractivity contribution in [2.45, 2.75) is 55.2 Å². The molecular formula is C15H23N5OS2. The van der Waals surface area contributed by atoms with Crippen molar-refractivity contribution in [3.05, 3.63) is 17.8 Å². The molecule has 23 heavy (non-hydrogen) atoms. The summed E-state index contributed by atoms with van der Waals surface area (Å²) in [5.74, 6) is 2.33. The molecule has 6 nitrogen and oxygen atoms in total. The highest BCUT2D eigenvalue weighted by Crippen LogP contribution is 2.30. The van der Waals surface area contributed by atoms with E-state index < -0.39 is 0 Å². The molecule has 1 atom stereocenters. The van der Waals surface area contributed by atoms with Crippen LogP contribution in [0.3, 0.4) is 0 Å². The standard InChI is InChI=1S/C15H23N5OS2/c1-15(2,3)11-8-17-12(21-11)9-22-14-20-19-13(23-14)18-10-5-4-6-16-7-10/h8,10,16H,4-7,9H2,1-3H3,(H,18,19). The maximum absolute atomic E-state index is 5.80. The lowest BCUT2D eigenvalue weighted by atomic mass is 9.94. The molecule has 8 heteroatoms. The Morgan fingerprint density at radius 1 is 1.43 bits per heavy atom. The van der Waals surface area contributed by atoms with Crippen LogP contribution in [0.5, 0.6) is 0 Å². The number of nitrogens with zero attached hydrogens (tertiary/aromatic N) is 3. The van der Waals surface area contributed by atoms with Crippen LogP contribution < -0.4 is 10.6 Å². The minimum atomic E-state index is -0.0101. The molecule has 0 radical (unpaired) electrons. The van der Waals surface area contributed by atoms with Crippen LogP contribution in [0, 0.1) is 0 Å². The van der Waals surface area contributed by atoms with Crippen LogP contribution in [0.15, 0.2) is 15.0 Å². The maximum Gasteiger partial charge on any atom is 0.206 e. The number of hydrogen-bond acceptors (Lipinski definition) is 8. The first kappa shape index (κ1) is 16.7. The molecule has 3 heterocycles. The monoisotopic (exact) mass is 353 g/mol. The van der Waals surface area contributed by atoms with E-state index in [0.717, 1.165) is 34.2 Å². The van der Waals surface area contributed by atoms with Crippen molar-refractivity contribution >= 4 is 28.2 Å². The van der Waals surface area contributed by atoms with Crippen molar-refractivity contribution in [1.29, 1.82) is 0 Å². The van der Waals surface area contributed by atoms with Gasteiger partial charge in [0.2, 0.25) is 11.0 Å². The molecule has 1 aliphatic rings. The highest BCUT2D eigenvalue weighted by molar-refractivity contribution is 8.00. The van der Waals surface area contributed by atoms with Gasteiger partial charge in [-0.1, -0.05) is 43.9 Å². The van der Waals surface area contributed by atoms with Gasteiger partial charge in [-0.2, -0.15) is 0 Å². The zero-order valence-corrected chi connectivity index (χ0v) is 15.4. The van der Waals surface area contributed by atoms with Gasteiger partial charge in [0.05, 0.1) is 11.9 Å². The molecule has 2 aromatic rings. The van der Waals surface area contributed by atoms with E-state index >= 15 is 0 Å². The van der Waals surface area contributed by atoms with E-state index in [0.29, 0.717) is 11.8 Å². The SMILES string of the molecule is CC(C)(C)c1cnc(CSc2nnc(NC3CCCNC3)s2)o1. The number of oxazole rings is 1. The van der Waals surface area contributed by atoms with E-state index in [2.05, 4.69) is 46.6 Å². The summed E-state index contributed by atoms with van der Waals surface area (Å²) in [5, 5.41) is 16.2. The third kappa shape index (κ3) is 4.68. The van der Waals surface area contributed by atoms with Gasteiger partial charge in [0.25, 0.3) is 0 Å². The van der Waals surface area contributed by atoms with Crippen molar-refractivity contribution < 1.29 is 4.42 Å². The van der Waals surface area contributed by atoms with Gasteiger partial charge in [0, 0.05) is 18.0 Å². The fourth-order valence-electron chi connectivity index (χ4n) is 2.32. The Labute approximate surface area is 144 Å². The lowest BCUT2D eigenvalue weighted by molar-refractivity contribution is 0.391. The van der Waals surface area contributed by atoms with Gasteiger partial charge in [-0.3, -0.25) is 0 Å². The minimum absolute atomic E-state index is 0.0101. The number of piperidine rings is 1. The third-order valence-electron chi connectivity index (χ3n) is 3.64. The number of aromatic nitrogens is 3. The largest absolute Gasteiger partial charge is 0.444 e. The number of thioether (sulfide) groups is 1. The molecule has 2 aromatic heterocycles. The number of hydrogen-bond donors (Lipinski definition) is 2. The van der Waals surface area contributed by atoms with E-state index in [1.165, 1.54) is 12.8 Å². The van der Waals surface area contributed by atoms with Gasteiger partial charge in [-0.15, -0.1) is 10.2 Å². The molecule has 1 aliphatic heterocycles. The van der Waals surface area contributed by atoms with Gasteiger partial charge in [-0.25, -0.2) is 4.98 Å². The van der Waals surface area contributed by atoms with Crippen molar-refractivity contribution in [2.24, 2.45) is 0 Å². The van der Waals surface area contributed by atoms with E-state index in [1.807, 2.05) is 6.20 Å². The molecule has 0 amide bonds. The second-order valence-corrected chi connectivity index (χ2v) is 8.92. The lowest BCUT2D eigenvalue weighted by Gasteiger charge is -2.22. The van der Waals surface area contributed by atoms with Crippen molar-refractivity contribution in [3.8, 4) is 0 Å². The van der Waals surface area contributed by atoms with E-state index in [1.54, 1.807) is 23.1 Å². The first-order valence-electron chi connectivity index (χ1n) is 7.89. The predicted octanol–water partition coefficient (Wildman–Crippen LogP) is 3.28. The first-order chi connectivity index (χ1) is 11.0. The Bertz CT molecular complexity index is 628. The van der Waals surface area contributed by atoms with E-state index in [4.69, 9.17) is 4.42 Å². The van der Waals surface area contributed by atoms with Crippen molar-refractivity contribution in [1.82, 2.24) is 20.5 Å². The van der Waals surface area contributed by atoms with Gasteiger partial charge in [0.15, 0.2) is 4.34 Å². The molecule has 0 bridgehead atoms. The Balaban J connectivity index is 1.51. The summed E-state index contributed by atoms with van der Waals surface area (Å²) in [6.45, 7) is 8.46. The smallest absolute Gasteiger partial charge is 0.206 e. The number of anilines is 1. The van der Waals surface area contributed by atoms with Crippen LogP contribution >= 0.6 is 23.1 Å². The van der Waals surface area contributed by atoms with Crippen molar-refractivity contribution in [3.63, 3.8) is 0 Å². The summed E-state index contributed by atoms with van der Waals surface area (Å²) in [6, 6.07) is 0.454. The van der Waals surface area contributed by atoms with Crippen LogP contribution in [-0.2, 0) is 11.2 Å². The molecule has 1 unspecified atom stereocenters. The molecule has 2 N–H and O–H groups in total. The van der Waals surface area contributed by atoms with Crippen LogP contribution in [-0.4, -0.2) is 34.3 Å². The number of rotatable bonds is 5. The number of nitrogens with one attached hydrogen (secondary N) is 2. The van der Waals surface area contributed by atoms with E-state index in [9.17, 15) is 0 Å². The van der Waals surface area contributed by atoms with Crippen molar-refractivity contribution in [2.75, 3.05) is 18.4 Å². The van der Waals surface area contributed by atoms with Gasteiger partial charge < -0.3 is 15.1 Å². The van der Waals surface area contributed by atoms with Gasteiger partial charge in [-0.05, 0) is 19.4 Å². The summed E-state index contributed by atoms with van der Waals surface area (Å²) in [6.07, 6.45) is 4.21. The highest BCUT2D eigenvalue weighted by atomic mass is 32.2. The zero-order chi connectivity index (χ0) is 16.3. The average molecular weight is 354 g/mol. The molecule has 1 saturated heterocycles. The first-order valence-corrected chi connectivity index (χ1v) is 9.69. The lowest BCUT2D eigenvalue weighted by Crippen LogP contribution is -2.38.